The number of carbonyl (C=O) groups excluding carboxylic acids is 1. The average Bonchev–Trinajstić information content (AvgIpc) is 2.62. The molecule has 154 valence electrons. The maximum absolute atomic E-state index is 11.7. The number of rotatable bonds is 11. The van der Waals surface area contributed by atoms with E-state index < -0.39 is 0 Å². The Bertz CT molecular complexity index is 391. The Labute approximate surface area is 174 Å². The number of methoxy groups -OCH3 is 2. The third-order valence-corrected chi connectivity index (χ3v) is 4.10. The van der Waals surface area contributed by atoms with E-state index in [0.29, 0.717) is 25.2 Å². The first-order valence-electron chi connectivity index (χ1n) is 9.21. The van der Waals surface area contributed by atoms with Crippen LogP contribution in [0.4, 0.5) is 0 Å². The van der Waals surface area contributed by atoms with Crippen LogP contribution in [0, 0.1) is 0 Å². The van der Waals surface area contributed by atoms with Crippen molar-refractivity contribution >= 4 is 35.8 Å². The van der Waals surface area contributed by atoms with E-state index in [9.17, 15) is 4.79 Å². The highest BCUT2D eigenvalue weighted by Gasteiger charge is 2.19. The van der Waals surface area contributed by atoms with Gasteiger partial charge in [0.15, 0.2) is 5.96 Å². The third-order valence-electron chi connectivity index (χ3n) is 4.10. The average molecular weight is 485 g/mol. The first-order valence-corrected chi connectivity index (χ1v) is 9.21. The second-order valence-corrected chi connectivity index (χ2v) is 6.14. The van der Waals surface area contributed by atoms with Crippen molar-refractivity contribution in [1.29, 1.82) is 0 Å². The molecular formula is C17H36IN5O3. The minimum atomic E-state index is -0.0952. The van der Waals surface area contributed by atoms with Gasteiger partial charge in [0.2, 0.25) is 5.91 Å². The van der Waals surface area contributed by atoms with Crippen LogP contribution in [0.15, 0.2) is 4.99 Å². The highest BCUT2D eigenvalue weighted by molar-refractivity contribution is 14.0. The van der Waals surface area contributed by atoms with Crippen LogP contribution in [0.3, 0.4) is 0 Å². The summed E-state index contributed by atoms with van der Waals surface area (Å²) in [6.45, 7) is 8.01. The number of halogens is 1. The number of guanidine groups is 1. The van der Waals surface area contributed by atoms with E-state index in [4.69, 9.17) is 9.47 Å². The lowest BCUT2D eigenvalue weighted by Gasteiger charge is -2.33. The van der Waals surface area contributed by atoms with Gasteiger partial charge in [-0.05, 0) is 26.2 Å². The predicted octanol–water partition coefficient (Wildman–Crippen LogP) is 0.423. The Kier molecular flexibility index (Phi) is 16.1. The molecule has 0 bridgehead atoms. The Morgan fingerprint density at radius 2 is 1.85 bits per heavy atom. The molecule has 1 rings (SSSR count). The van der Waals surface area contributed by atoms with E-state index >= 15 is 0 Å². The van der Waals surface area contributed by atoms with Gasteiger partial charge in [-0.2, -0.15) is 0 Å². The molecule has 0 unspecified atom stereocenters. The molecule has 8 nitrogen and oxygen atoms in total. The molecule has 0 spiro atoms. The molecule has 1 saturated heterocycles. The summed E-state index contributed by atoms with van der Waals surface area (Å²) in [6.07, 6.45) is 3.24. The Hall–Kier alpha value is -0.650. The minimum absolute atomic E-state index is 0. The molecule has 0 aromatic carbocycles. The zero-order valence-electron chi connectivity index (χ0n) is 16.4. The number of likely N-dealkylation sites (tertiary alicyclic amines) is 1. The van der Waals surface area contributed by atoms with Crippen LogP contribution < -0.4 is 16.0 Å². The van der Waals surface area contributed by atoms with Crippen molar-refractivity contribution in [2.24, 2.45) is 4.99 Å². The summed E-state index contributed by atoms with van der Waals surface area (Å²) in [6, 6.07) is 0.396. The topological polar surface area (TPSA) is 87.2 Å². The van der Waals surface area contributed by atoms with Crippen LogP contribution in [0.1, 0.15) is 26.2 Å². The summed E-state index contributed by atoms with van der Waals surface area (Å²) < 4.78 is 10.0. The first kappa shape index (κ1) is 25.4. The largest absolute Gasteiger partial charge is 0.385 e. The summed E-state index contributed by atoms with van der Waals surface area (Å²) in [5, 5.41) is 9.43. The van der Waals surface area contributed by atoms with Gasteiger partial charge in [0.05, 0.1) is 6.61 Å². The number of hydrogen-bond donors (Lipinski definition) is 3. The molecule has 0 aromatic heterocycles. The number of amides is 1. The molecule has 1 amide bonds. The van der Waals surface area contributed by atoms with E-state index in [2.05, 4.69) is 25.8 Å². The maximum Gasteiger partial charge on any atom is 0.241 e. The molecule has 1 aliphatic rings. The molecule has 0 aliphatic carbocycles. The molecule has 0 radical (unpaired) electrons. The van der Waals surface area contributed by atoms with Gasteiger partial charge in [0.1, 0.15) is 6.54 Å². The number of ether oxygens (including phenoxy) is 2. The van der Waals surface area contributed by atoms with Gasteiger partial charge in [-0.15, -0.1) is 24.0 Å². The molecule has 1 heterocycles. The summed E-state index contributed by atoms with van der Waals surface area (Å²) in [5.41, 5.74) is 0. The van der Waals surface area contributed by atoms with E-state index in [-0.39, 0.29) is 36.4 Å². The smallest absolute Gasteiger partial charge is 0.241 e. The van der Waals surface area contributed by atoms with Crippen molar-refractivity contribution in [1.82, 2.24) is 20.9 Å². The maximum atomic E-state index is 11.7. The monoisotopic (exact) mass is 485 g/mol. The van der Waals surface area contributed by atoms with Crippen LogP contribution >= 0.6 is 24.0 Å². The second kappa shape index (κ2) is 16.5. The molecule has 0 atom stereocenters. The highest BCUT2D eigenvalue weighted by Crippen LogP contribution is 2.10. The number of hydrogen-bond acceptors (Lipinski definition) is 5. The van der Waals surface area contributed by atoms with Gasteiger partial charge in [-0.1, -0.05) is 0 Å². The Balaban J connectivity index is 0.00000625. The number of piperidine rings is 1. The highest BCUT2D eigenvalue weighted by atomic mass is 127. The van der Waals surface area contributed by atoms with Gasteiger partial charge in [-0.3, -0.25) is 4.79 Å². The summed E-state index contributed by atoms with van der Waals surface area (Å²) in [4.78, 5) is 18.6. The van der Waals surface area contributed by atoms with Crippen molar-refractivity contribution in [3.8, 4) is 0 Å². The lowest BCUT2D eigenvalue weighted by Crippen LogP contribution is -2.49. The molecule has 1 aliphatic heterocycles. The lowest BCUT2D eigenvalue weighted by atomic mass is 10.1. The van der Waals surface area contributed by atoms with Crippen LogP contribution in [0.25, 0.3) is 0 Å². The molecule has 9 heteroatoms. The SMILES string of the molecule is CCNC(=NCC(=O)NCCOC)NC1CCN(CCCOC)CC1.I. The van der Waals surface area contributed by atoms with E-state index in [0.717, 1.165) is 52.0 Å². The van der Waals surface area contributed by atoms with Crippen LogP contribution in [-0.2, 0) is 14.3 Å². The van der Waals surface area contributed by atoms with Crippen molar-refractivity contribution in [3.05, 3.63) is 0 Å². The van der Waals surface area contributed by atoms with Crippen molar-refractivity contribution in [2.75, 3.05) is 66.7 Å². The van der Waals surface area contributed by atoms with E-state index in [1.807, 2.05) is 6.92 Å². The minimum Gasteiger partial charge on any atom is -0.385 e. The van der Waals surface area contributed by atoms with Gasteiger partial charge >= 0.3 is 0 Å². The van der Waals surface area contributed by atoms with Crippen LogP contribution in [-0.4, -0.2) is 89.5 Å². The fourth-order valence-corrected chi connectivity index (χ4v) is 2.75. The number of nitrogens with zero attached hydrogens (tertiary/aromatic N) is 2. The first-order chi connectivity index (χ1) is 12.2. The van der Waals surface area contributed by atoms with Crippen LogP contribution in [0.5, 0.6) is 0 Å². The number of carbonyl (C=O) groups is 1. The second-order valence-electron chi connectivity index (χ2n) is 6.14. The lowest BCUT2D eigenvalue weighted by molar-refractivity contribution is -0.119. The molecule has 0 saturated carbocycles. The zero-order chi connectivity index (χ0) is 18.3. The number of aliphatic imine (C=N–C) groups is 1. The summed E-state index contributed by atoms with van der Waals surface area (Å²) in [5.74, 6) is 0.615. The van der Waals surface area contributed by atoms with E-state index in [1.165, 1.54) is 0 Å². The third kappa shape index (κ3) is 11.9. The predicted molar refractivity (Wildman–Crippen MR) is 115 cm³/mol. The van der Waals surface area contributed by atoms with Gasteiger partial charge in [-0.25, -0.2) is 4.99 Å². The summed E-state index contributed by atoms with van der Waals surface area (Å²) in [7, 11) is 3.36. The standard InChI is InChI=1S/C17H35N5O3.HI/c1-4-18-17(20-14-16(23)19-8-13-25-3)21-15-6-10-22(11-7-15)9-5-12-24-2;/h15H,4-14H2,1-3H3,(H,19,23)(H2,18,20,21);1H. The fraction of sp³-hybridized carbons (Fsp3) is 0.882. The zero-order valence-corrected chi connectivity index (χ0v) is 18.7. The van der Waals surface area contributed by atoms with Gasteiger partial charge in [0, 0.05) is 59.6 Å². The summed E-state index contributed by atoms with van der Waals surface area (Å²) >= 11 is 0. The van der Waals surface area contributed by atoms with Crippen LogP contribution in [0.2, 0.25) is 0 Å². The molecule has 1 fully saturated rings. The van der Waals surface area contributed by atoms with Crippen molar-refractivity contribution in [3.63, 3.8) is 0 Å². The molecular weight excluding hydrogens is 449 g/mol. The Morgan fingerprint density at radius 3 is 2.46 bits per heavy atom. The normalized spacial score (nSPS) is 16.0. The molecule has 26 heavy (non-hydrogen) atoms. The quantitative estimate of drug-likeness (QED) is 0.170. The van der Waals surface area contributed by atoms with Crippen molar-refractivity contribution < 1.29 is 14.3 Å². The molecule has 3 N–H and O–H groups in total. The van der Waals surface area contributed by atoms with Crippen molar-refractivity contribution in [2.45, 2.75) is 32.2 Å². The number of nitrogens with one attached hydrogen (secondary N) is 3. The van der Waals surface area contributed by atoms with Gasteiger partial charge < -0.3 is 30.3 Å². The molecule has 0 aromatic rings. The van der Waals surface area contributed by atoms with Gasteiger partial charge in [0.25, 0.3) is 0 Å². The van der Waals surface area contributed by atoms with E-state index in [1.54, 1.807) is 14.2 Å². The fourth-order valence-electron chi connectivity index (χ4n) is 2.75. The Morgan fingerprint density at radius 1 is 1.15 bits per heavy atom.